The van der Waals surface area contributed by atoms with E-state index < -0.39 is 0 Å². The van der Waals surface area contributed by atoms with Crippen LogP contribution in [0.2, 0.25) is 0 Å². The highest BCUT2D eigenvalue weighted by Gasteiger charge is 2.19. The second-order valence-electron chi connectivity index (χ2n) is 5.44. The molecule has 2 aromatic carbocycles. The molecule has 1 N–H and O–H groups in total. The molecule has 0 heterocycles. The highest BCUT2D eigenvalue weighted by atomic mass is 16.6. The van der Waals surface area contributed by atoms with Crippen molar-refractivity contribution in [3.63, 3.8) is 0 Å². The van der Waals surface area contributed by atoms with E-state index in [-0.39, 0.29) is 0 Å². The number of para-hydroxylation sites is 2. The number of hydrogen-bond donors (Lipinski definition) is 1. The Labute approximate surface area is 120 Å². The molecule has 0 atom stereocenters. The standard InChI is InChI=1S/C18H21NO/c1-3-9-15(10-4-1)17-13-7-8-14-18(17)20-19-16-11-5-2-6-12-16/h2,5-8,11-15,19H,1,3-4,9-10H2. The first kappa shape index (κ1) is 13.0. The molecule has 3 rings (SSSR count). The van der Waals surface area contributed by atoms with Crippen LogP contribution in [0.4, 0.5) is 5.69 Å². The van der Waals surface area contributed by atoms with E-state index in [0.29, 0.717) is 5.92 Å². The molecule has 1 aliphatic carbocycles. The molecular weight excluding hydrogens is 246 g/mol. The molecule has 0 amide bonds. The molecule has 2 nitrogen and oxygen atoms in total. The molecule has 104 valence electrons. The summed E-state index contributed by atoms with van der Waals surface area (Å²) in [5.74, 6) is 1.61. The first-order valence-corrected chi connectivity index (χ1v) is 7.50. The Hall–Kier alpha value is -1.96. The van der Waals surface area contributed by atoms with E-state index >= 15 is 0 Å². The average Bonchev–Trinajstić information content (AvgIpc) is 2.55. The Bertz CT molecular complexity index is 532. The Morgan fingerprint density at radius 2 is 1.50 bits per heavy atom. The summed E-state index contributed by atoms with van der Waals surface area (Å²) < 4.78 is 0. The van der Waals surface area contributed by atoms with E-state index in [1.165, 1.54) is 37.7 Å². The highest BCUT2D eigenvalue weighted by molar-refractivity contribution is 5.43. The SMILES string of the molecule is c1ccc(NOc2ccccc2C2CCCCC2)cc1. The topological polar surface area (TPSA) is 21.3 Å². The van der Waals surface area contributed by atoms with Crippen LogP contribution in [-0.2, 0) is 0 Å². The van der Waals surface area contributed by atoms with Crippen molar-refractivity contribution in [3.8, 4) is 5.75 Å². The Morgan fingerprint density at radius 1 is 0.800 bits per heavy atom. The quantitative estimate of drug-likeness (QED) is 0.774. The molecule has 1 fully saturated rings. The van der Waals surface area contributed by atoms with Crippen LogP contribution in [0, 0.1) is 0 Å². The van der Waals surface area contributed by atoms with Crippen molar-refractivity contribution < 1.29 is 4.84 Å². The molecule has 2 aromatic rings. The summed E-state index contributed by atoms with van der Waals surface area (Å²) >= 11 is 0. The average molecular weight is 267 g/mol. The first-order chi connectivity index (χ1) is 9.93. The number of benzene rings is 2. The molecule has 1 saturated carbocycles. The van der Waals surface area contributed by atoms with Crippen LogP contribution in [0.15, 0.2) is 54.6 Å². The largest absolute Gasteiger partial charge is 0.382 e. The van der Waals surface area contributed by atoms with E-state index in [1.807, 2.05) is 36.4 Å². The number of anilines is 1. The molecule has 0 unspecified atom stereocenters. The summed E-state index contributed by atoms with van der Waals surface area (Å²) in [5.41, 5.74) is 5.36. The number of nitrogens with one attached hydrogen (secondary N) is 1. The maximum Gasteiger partial charge on any atom is 0.158 e. The molecule has 2 heteroatoms. The normalized spacial score (nSPS) is 15.8. The summed E-state index contributed by atoms with van der Waals surface area (Å²) in [7, 11) is 0. The molecule has 0 aromatic heterocycles. The molecule has 0 saturated heterocycles. The van der Waals surface area contributed by atoms with Gasteiger partial charge in [-0.15, -0.1) is 0 Å². The van der Waals surface area contributed by atoms with Crippen molar-refractivity contribution in [2.75, 3.05) is 5.48 Å². The van der Waals surface area contributed by atoms with Gasteiger partial charge >= 0.3 is 0 Å². The molecule has 0 bridgehead atoms. The van der Waals surface area contributed by atoms with Gasteiger partial charge in [0.05, 0.1) is 5.69 Å². The van der Waals surface area contributed by atoms with Gasteiger partial charge in [-0.2, -0.15) is 0 Å². The minimum Gasteiger partial charge on any atom is -0.382 e. The van der Waals surface area contributed by atoms with Crippen LogP contribution < -0.4 is 10.3 Å². The molecule has 0 radical (unpaired) electrons. The van der Waals surface area contributed by atoms with Gasteiger partial charge in [0, 0.05) is 5.56 Å². The third-order valence-corrected chi connectivity index (χ3v) is 4.02. The fourth-order valence-corrected chi connectivity index (χ4v) is 2.94. The van der Waals surface area contributed by atoms with E-state index in [9.17, 15) is 0 Å². The van der Waals surface area contributed by atoms with Gasteiger partial charge in [-0.3, -0.25) is 0 Å². The van der Waals surface area contributed by atoms with Crippen molar-refractivity contribution in [3.05, 3.63) is 60.2 Å². The Morgan fingerprint density at radius 3 is 2.30 bits per heavy atom. The predicted octanol–water partition coefficient (Wildman–Crippen LogP) is 5.14. The van der Waals surface area contributed by atoms with E-state index in [0.717, 1.165) is 11.4 Å². The van der Waals surface area contributed by atoms with E-state index in [1.54, 1.807) is 0 Å². The van der Waals surface area contributed by atoms with E-state index in [2.05, 4.69) is 23.7 Å². The zero-order chi connectivity index (χ0) is 13.6. The summed E-state index contributed by atoms with van der Waals surface area (Å²) in [5, 5.41) is 0. The molecule has 0 spiro atoms. The maximum absolute atomic E-state index is 5.83. The highest BCUT2D eigenvalue weighted by Crippen LogP contribution is 2.37. The van der Waals surface area contributed by atoms with Crippen molar-refractivity contribution in [2.45, 2.75) is 38.0 Å². The van der Waals surface area contributed by atoms with Crippen LogP contribution in [0.1, 0.15) is 43.6 Å². The van der Waals surface area contributed by atoms with Crippen LogP contribution in [0.5, 0.6) is 5.75 Å². The maximum atomic E-state index is 5.83. The van der Waals surface area contributed by atoms with Crippen molar-refractivity contribution in [2.24, 2.45) is 0 Å². The van der Waals surface area contributed by atoms with Gasteiger partial charge in [0.1, 0.15) is 0 Å². The third kappa shape index (κ3) is 3.13. The van der Waals surface area contributed by atoms with Crippen LogP contribution in [0.3, 0.4) is 0 Å². The zero-order valence-corrected chi connectivity index (χ0v) is 11.7. The van der Waals surface area contributed by atoms with Gasteiger partial charge in [0.2, 0.25) is 0 Å². The third-order valence-electron chi connectivity index (χ3n) is 4.02. The number of hydrogen-bond acceptors (Lipinski definition) is 2. The lowest BCUT2D eigenvalue weighted by Gasteiger charge is -2.24. The molecular formula is C18H21NO. The summed E-state index contributed by atoms with van der Waals surface area (Å²) in [6.07, 6.45) is 6.62. The van der Waals surface area contributed by atoms with Gasteiger partial charge in [0.25, 0.3) is 0 Å². The van der Waals surface area contributed by atoms with Gasteiger partial charge in [0.15, 0.2) is 5.75 Å². The molecule has 0 aliphatic heterocycles. The summed E-state index contributed by atoms with van der Waals surface area (Å²) in [4.78, 5) is 5.83. The molecule has 1 aliphatic rings. The van der Waals surface area contributed by atoms with Crippen LogP contribution in [0.25, 0.3) is 0 Å². The minimum atomic E-state index is 0.650. The monoisotopic (exact) mass is 267 g/mol. The molecule has 20 heavy (non-hydrogen) atoms. The van der Waals surface area contributed by atoms with E-state index in [4.69, 9.17) is 4.84 Å². The van der Waals surface area contributed by atoms with Crippen molar-refractivity contribution in [1.29, 1.82) is 0 Å². The second-order valence-corrected chi connectivity index (χ2v) is 5.44. The van der Waals surface area contributed by atoms with Gasteiger partial charge < -0.3 is 4.84 Å². The Balaban J connectivity index is 1.72. The van der Waals surface area contributed by atoms with Crippen molar-refractivity contribution in [1.82, 2.24) is 0 Å². The second kappa shape index (κ2) is 6.47. The lowest BCUT2D eigenvalue weighted by atomic mass is 9.84. The summed E-state index contributed by atoms with van der Waals surface area (Å²) in [6, 6.07) is 18.4. The fourth-order valence-electron chi connectivity index (χ4n) is 2.94. The van der Waals surface area contributed by atoms with Crippen LogP contribution in [-0.4, -0.2) is 0 Å². The van der Waals surface area contributed by atoms with Gasteiger partial charge in [-0.1, -0.05) is 55.7 Å². The lowest BCUT2D eigenvalue weighted by molar-refractivity contribution is 0.381. The smallest absolute Gasteiger partial charge is 0.158 e. The number of rotatable bonds is 4. The zero-order valence-electron chi connectivity index (χ0n) is 11.7. The Kier molecular flexibility index (Phi) is 4.22. The lowest BCUT2D eigenvalue weighted by Crippen LogP contribution is -2.10. The fraction of sp³-hybridized carbons (Fsp3) is 0.333. The van der Waals surface area contributed by atoms with Gasteiger partial charge in [-0.25, -0.2) is 5.48 Å². The van der Waals surface area contributed by atoms with Crippen molar-refractivity contribution >= 4 is 5.69 Å². The van der Waals surface area contributed by atoms with Crippen LogP contribution >= 0.6 is 0 Å². The predicted molar refractivity (Wildman–Crippen MR) is 83.0 cm³/mol. The first-order valence-electron chi connectivity index (χ1n) is 7.50. The van der Waals surface area contributed by atoms with Gasteiger partial charge in [-0.05, 0) is 37.0 Å². The minimum absolute atomic E-state index is 0.650. The summed E-state index contributed by atoms with van der Waals surface area (Å²) in [6.45, 7) is 0.